The summed E-state index contributed by atoms with van der Waals surface area (Å²) in [6.07, 6.45) is 5.05. The molecule has 6 heteroatoms. The van der Waals surface area contributed by atoms with Crippen LogP contribution in [0, 0.1) is 10.1 Å². The highest BCUT2D eigenvalue weighted by Crippen LogP contribution is 2.28. The Labute approximate surface area is 148 Å². The van der Waals surface area contributed by atoms with E-state index < -0.39 is 11.0 Å². The summed E-state index contributed by atoms with van der Waals surface area (Å²) in [4.78, 5) is 24.9. The van der Waals surface area contributed by atoms with Gasteiger partial charge in [-0.1, -0.05) is 30.4 Å². The molecule has 0 bridgehead atoms. The van der Waals surface area contributed by atoms with E-state index in [-0.39, 0.29) is 24.2 Å². The molecule has 1 aromatic rings. The van der Waals surface area contributed by atoms with Gasteiger partial charge in [-0.2, -0.15) is 0 Å². The SMILES string of the molecule is C=CCN(CC=C)[C@H](C(=O)OCC)[C@@H](C=C)c1ccc([N+](=O)[O-])cc1. The van der Waals surface area contributed by atoms with Gasteiger partial charge in [0.15, 0.2) is 0 Å². The predicted molar refractivity (Wildman–Crippen MR) is 98.4 cm³/mol. The third-order valence-corrected chi connectivity index (χ3v) is 3.73. The fraction of sp³-hybridized carbons (Fsp3) is 0.316. The van der Waals surface area contributed by atoms with Gasteiger partial charge in [-0.15, -0.1) is 19.7 Å². The van der Waals surface area contributed by atoms with Crippen molar-refractivity contribution in [2.45, 2.75) is 18.9 Å². The largest absolute Gasteiger partial charge is 0.465 e. The van der Waals surface area contributed by atoms with Gasteiger partial charge in [0.2, 0.25) is 0 Å². The van der Waals surface area contributed by atoms with Crippen LogP contribution in [0.3, 0.4) is 0 Å². The summed E-state index contributed by atoms with van der Waals surface area (Å²) in [5, 5.41) is 10.8. The molecule has 0 N–H and O–H groups in total. The smallest absolute Gasteiger partial charge is 0.324 e. The Bertz CT molecular complexity index is 615. The Morgan fingerprint density at radius 2 is 1.80 bits per heavy atom. The lowest BCUT2D eigenvalue weighted by molar-refractivity contribution is -0.384. The standard InChI is InChI=1S/C19H24N2O4/c1-5-13-20(14-6-2)18(19(22)25-8-4)17(7-3)15-9-11-16(12-10-15)21(23)24/h5-7,9-12,17-18H,1-3,8,13-14H2,4H3/t17-,18-/m0/s1. The van der Waals surface area contributed by atoms with Gasteiger partial charge in [-0.25, -0.2) is 0 Å². The van der Waals surface area contributed by atoms with Crippen LogP contribution in [0.1, 0.15) is 18.4 Å². The minimum absolute atomic E-state index is 0.00622. The van der Waals surface area contributed by atoms with Crippen LogP contribution in [0.25, 0.3) is 0 Å². The molecular formula is C19H24N2O4. The zero-order chi connectivity index (χ0) is 18.8. The highest BCUT2D eigenvalue weighted by Gasteiger charge is 2.33. The Hall–Kier alpha value is -2.73. The fourth-order valence-corrected chi connectivity index (χ4v) is 2.65. The molecule has 0 aliphatic carbocycles. The van der Waals surface area contributed by atoms with Crippen molar-refractivity contribution in [2.75, 3.05) is 19.7 Å². The van der Waals surface area contributed by atoms with Gasteiger partial charge in [0.25, 0.3) is 5.69 Å². The lowest BCUT2D eigenvalue weighted by Crippen LogP contribution is -2.46. The van der Waals surface area contributed by atoms with Crippen molar-refractivity contribution in [1.82, 2.24) is 4.90 Å². The third kappa shape index (κ3) is 5.39. The molecule has 134 valence electrons. The molecule has 0 aliphatic heterocycles. The monoisotopic (exact) mass is 344 g/mol. The van der Waals surface area contributed by atoms with E-state index >= 15 is 0 Å². The van der Waals surface area contributed by atoms with Crippen molar-refractivity contribution < 1.29 is 14.5 Å². The van der Waals surface area contributed by atoms with Crippen LogP contribution in [-0.4, -0.2) is 41.5 Å². The number of nitro groups is 1. The normalized spacial score (nSPS) is 12.9. The van der Waals surface area contributed by atoms with Crippen molar-refractivity contribution in [3.63, 3.8) is 0 Å². The van der Waals surface area contributed by atoms with Crippen molar-refractivity contribution in [1.29, 1.82) is 0 Å². The summed E-state index contributed by atoms with van der Waals surface area (Å²) in [5.41, 5.74) is 0.741. The van der Waals surface area contributed by atoms with Crippen LogP contribution in [0.5, 0.6) is 0 Å². The van der Waals surface area contributed by atoms with E-state index in [0.717, 1.165) is 5.56 Å². The first-order chi connectivity index (χ1) is 12.0. The van der Waals surface area contributed by atoms with Crippen LogP contribution in [0.2, 0.25) is 0 Å². The van der Waals surface area contributed by atoms with Gasteiger partial charge in [0.05, 0.1) is 11.5 Å². The van der Waals surface area contributed by atoms with Crippen LogP contribution < -0.4 is 0 Å². The number of nitrogens with zero attached hydrogens (tertiary/aromatic N) is 2. The van der Waals surface area contributed by atoms with E-state index in [1.807, 2.05) is 4.90 Å². The molecule has 0 amide bonds. The Morgan fingerprint density at radius 1 is 1.24 bits per heavy atom. The summed E-state index contributed by atoms with van der Waals surface area (Å²) in [6, 6.07) is 5.47. The van der Waals surface area contributed by atoms with E-state index in [9.17, 15) is 14.9 Å². The van der Waals surface area contributed by atoms with Gasteiger partial charge in [-0.05, 0) is 12.5 Å². The number of ether oxygens (including phenoxy) is 1. The van der Waals surface area contributed by atoms with Crippen molar-refractivity contribution in [3.8, 4) is 0 Å². The van der Waals surface area contributed by atoms with E-state index in [2.05, 4.69) is 19.7 Å². The van der Waals surface area contributed by atoms with Gasteiger partial charge < -0.3 is 4.74 Å². The second-order valence-corrected chi connectivity index (χ2v) is 5.34. The molecule has 0 saturated heterocycles. The molecule has 2 atom stereocenters. The maximum Gasteiger partial charge on any atom is 0.324 e. The van der Waals surface area contributed by atoms with E-state index in [1.165, 1.54) is 12.1 Å². The molecule has 0 fully saturated rings. The highest BCUT2D eigenvalue weighted by atomic mass is 16.6. The van der Waals surface area contributed by atoms with Crippen molar-refractivity contribution in [3.05, 3.63) is 77.9 Å². The third-order valence-electron chi connectivity index (χ3n) is 3.73. The molecule has 6 nitrogen and oxygen atoms in total. The summed E-state index contributed by atoms with van der Waals surface area (Å²) in [6.45, 7) is 14.2. The second-order valence-electron chi connectivity index (χ2n) is 5.34. The molecule has 25 heavy (non-hydrogen) atoms. The van der Waals surface area contributed by atoms with Gasteiger partial charge in [0, 0.05) is 31.1 Å². The number of carbonyl (C=O) groups is 1. The average Bonchev–Trinajstić information content (AvgIpc) is 2.59. The van der Waals surface area contributed by atoms with E-state index in [1.54, 1.807) is 37.3 Å². The van der Waals surface area contributed by atoms with Crippen molar-refractivity contribution in [2.24, 2.45) is 0 Å². The molecule has 1 aromatic carbocycles. The molecular weight excluding hydrogens is 320 g/mol. The summed E-state index contributed by atoms with van der Waals surface area (Å²) in [7, 11) is 0. The Balaban J connectivity index is 3.28. The zero-order valence-electron chi connectivity index (χ0n) is 14.5. The first-order valence-electron chi connectivity index (χ1n) is 7.99. The summed E-state index contributed by atoms with van der Waals surface area (Å²) in [5.74, 6) is -0.769. The van der Waals surface area contributed by atoms with Crippen LogP contribution in [0.15, 0.2) is 62.2 Å². The molecule has 0 saturated carbocycles. The maximum atomic E-state index is 12.6. The molecule has 0 spiro atoms. The quantitative estimate of drug-likeness (QED) is 0.266. The first-order valence-corrected chi connectivity index (χ1v) is 7.99. The number of nitro benzene ring substituents is 1. The van der Waals surface area contributed by atoms with Gasteiger partial charge in [0.1, 0.15) is 6.04 Å². The number of benzene rings is 1. The average molecular weight is 344 g/mol. The summed E-state index contributed by atoms with van der Waals surface area (Å²) >= 11 is 0. The lowest BCUT2D eigenvalue weighted by atomic mass is 9.90. The topological polar surface area (TPSA) is 72.7 Å². The number of hydrogen-bond acceptors (Lipinski definition) is 5. The Morgan fingerprint density at radius 3 is 2.20 bits per heavy atom. The fourth-order valence-electron chi connectivity index (χ4n) is 2.65. The number of hydrogen-bond donors (Lipinski definition) is 0. The molecule has 0 radical (unpaired) electrons. The van der Waals surface area contributed by atoms with Gasteiger partial charge in [-0.3, -0.25) is 19.8 Å². The number of carbonyl (C=O) groups excluding carboxylic acids is 1. The van der Waals surface area contributed by atoms with Gasteiger partial charge >= 0.3 is 5.97 Å². The molecule has 1 rings (SSSR count). The van der Waals surface area contributed by atoms with E-state index in [4.69, 9.17) is 4.74 Å². The van der Waals surface area contributed by atoms with Crippen molar-refractivity contribution >= 4 is 11.7 Å². The molecule has 0 unspecified atom stereocenters. The first kappa shape index (κ1) is 20.3. The summed E-state index contributed by atoms with van der Waals surface area (Å²) < 4.78 is 5.24. The lowest BCUT2D eigenvalue weighted by Gasteiger charge is -2.33. The molecule has 0 heterocycles. The zero-order valence-corrected chi connectivity index (χ0v) is 14.5. The number of esters is 1. The Kier molecular flexibility index (Phi) is 8.29. The van der Waals surface area contributed by atoms with E-state index in [0.29, 0.717) is 13.1 Å². The number of non-ortho nitro benzene ring substituents is 1. The minimum atomic E-state index is -0.630. The van der Waals surface area contributed by atoms with Crippen LogP contribution in [-0.2, 0) is 9.53 Å². The van der Waals surface area contributed by atoms with Crippen LogP contribution >= 0.6 is 0 Å². The number of rotatable bonds is 11. The maximum absolute atomic E-state index is 12.6. The predicted octanol–water partition coefficient (Wildman–Crippen LogP) is 3.47. The van der Waals surface area contributed by atoms with Crippen LogP contribution in [0.4, 0.5) is 5.69 Å². The second kappa shape index (κ2) is 10.2. The molecule has 0 aromatic heterocycles. The molecule has 0 aliphatic rings. The highest BCUT2D eigenvalue weighted by molar-refractivity contribution is 5.78. The minimum Gasteiger partial charge on any atom is -0.465 e.